The fourth-order valence-electron chi connectivity index (χ4n) is 2.40. The first-order valence-electron chi connectivity index (χ1n) is 5.66. The molecular formula is C11H17NO2S2. The molecule has 0 aliphatic carbocycles. The quantitative estimate of drug-likeness (QED) is 0.757. The Morgan fingerprint density at radius 2 is 2.00 bits per heavy atom. The maximum atomic E-state index is 11.9. The lowest BCUT2D eigenvalue weighted by molar-refractivity contribution is -0.135. The van der Waals surface area contributed by atoms with Crippen LogP contribution in [-0.4, -0.2) is 44.8 Å². The number of carbonyl (C=O) groups is 2. The first kappa shape index (κ1) is 12.3. The van der Waals surface area contributed by atoms with E-state index in [2.05, 4.69) is 0 Å². The van der Waals surface area contributed by atoms with Gasteiger partial charge in [0.2, 0.25) is 5.91 Å². The molecule has 3 nitrogen and oxygen atoms in total. The summed E-state index contributed by atoms with van der Waals surface area (Å²) in [5.74, 6) is 2.53. The van der Waals surface area contributed by atoms with Gasteiger partial charge in [0.05, 0.1) is 10.1 Å². The molecule has 1 unspecified atom stereocenters. The molecule has 0 aromatic heterocycles. The highest BCUT2D eigenvalue weighted by Crippen LogP contribution is 2.51. The van der Waals surface area contributed by atoms with Gasteiger partial charge in [-0.05, 0) is 0 Å². The number of likely N-dealkylation sites (tertiary alicyclic amines) is 1. The predicted molar refractivity (Wildman–Crippen MR) is 68.7 cm³/mol. The molecule has 16 heavy (non-hydrogen) atoms. The molecule has 1 spiro atoms. The SMILES string of the molecule is CCC(=O)C1CC2(CN1C(C)=O)SCCS2. The molecule has 2 heterocycles. The maximum Gasteiger partial charge on any atom is 0.220 e. The summed E-state index contributed by atoms with van der Waals surface area (Å²) in [6, 6.07) is -0.166. The van der Waals surface area contributed by atoms with E-state index in [4.69, 9.17) is 0 Å². The first-order valence-corrected chi connectivity index (χ1v) is 7.63. The van der Waals surface area contributed by atoms with E-state index in [-0.39, 0.29) is 21.8 Å². The van der Waals surface area contributed by atoms with Crippen LogP contribution in [0, 0.1) is 0 Å². The number of hydrogen-bond donors (Lipinski definition) is 0. The van der Waals surface area contributed by atoms with Gasteiger partial charge in [-0.15, -0.1) is 23.5 Å². The molecule has 1 atom stereocenters. The normalized spacial score (nSPS) is 27.6. The highest BCUT2D eigenvalue weighted by Gasteiger charge is 2.49. The fraction of sp³-hybridized carbons (Fsp3) is 0.818. The minimum Gasteiger partial charge on any atom is -0.331 e. The molecule has 2 aliphatic heterocycles. The number of nitrogens with zero attached hydrogens (tertiary/aromatic N) is 1. The van der Waals surface area contributed by atoms with Crippen molar-refractivity contribution in [3.63, 3.8) is 0 Å². The Morgan fingerprint density at radius 1 is 1.38 bits per heavy atom. The summed E-state index contributed by atoms with van der Waals surface area (Å²) in [4.78, 5) is 25.2. The van der Waals surface area contributed by atoms with Gasteiger partial charge in [0, 0.05) is 37.8 Å². The molecule has 0 aromatic rings. The standard InChI is InChI=1S/C11H17NO2S2/c1-3-10(14)9-6-11(15-4-5-16-11)7-12(9)8(2)13/h9H,3-7H2,1-2H3. The topological polar surface area (TPSA) is 37.4 Å². The zero-order valence-electron chi connectivity index (χ0n) is 9.69. The zero-order chi connectivity index (χ0) is 11.8. The molecule has 2 fully saturated rings. The molecule has 5 heteroatoms. The fourth-order valence-corrected chi connectivity index (χ4v) is 5.66. The van der Waals surface area contributed by atoms with E-state index in [1.807, 2.05) is 30.4 Å². The molecule has 0 saturated carbocycles. The highest BCUT2D eigenvalue weighted by atomic mass is 32.2. The largest absolute Gasteiger partial charge is 0.331 e. The average Bonchev–Trinajstić information content (AvgIpc) is 2.86. The van der Waals surface area contributed by atoms with Gasteiger partial charge in [0.1, 0.15) is 0 Å². The molecule has 2 aliphatic rings. The van der Waals surface area contributed by atoms with Crippen LogP contribution in [-0.2, 0) is 9.59 Å². The second kappa shape index (κ2) is 4.61. The summed E-state index contributed by atoms with van der Waals surface area (Å²) < 4.78 is 0.112. The summed E-state index contributed by atoms with van der Waals surface area (Å²) in [6.45, 7) is 4.19. The van der Waals surface area contributed by atoms with Gasteiger partial charge in [0.15, 0.2) is 5.78 Å². The van der Waals surface area contributed by atoms with Crippen LogP contribution in [0.5, 0.6) is 0 Å². The lowest BCUT2D eigenvalue weighted by atomic mass is 10.1. The molecule has 2 saturated heterocycles. The Balaban J connectivity index is 2.17. The Bertz CT molecular complexity index is 313. The van der Waals surface area contributed by atoms with Crippen molar-refractivity contribution in [1.29, 1.82) is 0 Å². The second-order valence-electron chi connectivity index (χ2n) is 4.29. The Labute approximate surface area is 105 Å². The Morgan fingerprint density at radius 3 is 2.50 bits per heavy atom. The minimum absolute atomic E-state index is 0.0387. The Hall–Kier alpha value is -0.160. The van der Waals surface area contributed by atoms with Crippen LogP contribution < -0.4 is 0 Å². The summed E-state index contributed by atoms with van der Waals surface area (Å²) in [6.07, 6.45) is 1.37. The van der Waals surface area contributed by atoms with E-state index >= 15 is 0 Å². The summed E-state index contributed by atoms with van der Waals surface area (Å²) in [5.41, 5.74) is 0. The molecule has 2 rings (SSSR count). The van der Waals surface area contributed by atoms with E-state index < -0.39 is 0 Å². The third-order valence-electron chi connectivity index (χ3n) is 3.23. The van der Waals surface area contributed by atoms with E-state index in [1.54, 1.807) is 11.8 Å². The number of amides is 1. The molecular weight excluding hydrogens is 242 g/mol. The summed E-state index contributed by atoms with van der Waals surface area (Å²) >= 11 is 3.84. The molecule has 0 bridgehead atoms. The maximum absolute atomic E-state index is 11.9. The molecule has 1 amide bonds. The number of carbonyl (C=O) groups excluding carboxylic acids is 2. The molecule has 0 N–H and O–H groups in total. The van der Waals surface area contributed by atoms with Crippen LogP contribution in [0.2, 0.25) is 0 Å². The van der Waals surface area contributed by atoms with E-state index in [1.165, 1.54) is 0 Å². The summed E-state index contributed by atoms with van der Waals surface area (Å²) in [5, 5.41) is 0. The van der Waals surface area contributed by atoms with Crippen molar-refractivity contribution in [2.45, 2.75) is 36.8 Å². The number of ketones is 1. The molecule has 0 aromatic carbocycles. The van der Waals surface area contributed by atoms with Crippen LogP contribution in [0.15, 0.2) is 0 Å². The number of Topliss-reactive ketones (excluding diaryl/α,β-unsaturated/α-hetero) is 1. The lowest BCUT2D eigenvalue weighted by Crippen LogP contribution is -2.39. The van der Waals surface area contributed by atoms with E-state index in [0.29, 0.717) is 6.42 Å². The number of rotatable bonds is 2. The van der Waals surface area contributed by atoms with E-state index in [9.17, 15) is 9.59 Å². The van der Waals surface area contributed by atoms with Crippen LogP contribution in [0.25, 0.3) is 0 Å². The number of thioether (sulfide) groups is 2. The highest BCUT2D eigenvalue weighted by molar-refractivity contribution is 8.21. The van der Waals surface area contributed by atoms with Crippen molar-refractivity contribution in [3.05, 3.63) is 0 Å². The zero-order valence-corrected chi connectivity index (χ0v) is 11.3. The van der Waals surface area contributed by atoms with Gasteiger partial charge in [-0.25, -0.2) is 0 Å². The van der Waals surface area contributed by atoms with Crippen molar-refractivity contribution in [2.75, 3.05) is 18.1 Å². The molecule has 0 radical (unpaired) electrons. The minimum atomic E-state index is -0.166. The van der Waals surface area contributed by atoms with Gasteiger partial charge < -0.3 is 4.90 Å². The third kappa shape index (κ3) is 2.12. The van der Waals surface area contributed by atoms with Gasteiger partial charge in [-0.1, -0.05) is 6.92 Å². The lowest BCUT2D eigenvalue weighted by Gasteiger charge is -2.22. The van der Waals surface area contributed by atoms with Crippen molar-refractivity contribution >= 4 is 35.2 Å². The first-order chi connectivity index (χ1) is 7.58. The predicted octanol–water partition coefficient (Wildman–Crippen LogP) is 1.76. The van der Waals surface area contributed by atoms with E-state index in [0.717, 1.165) is 24.5 Å². The van der Waals surface area contributed by atoms with Gasteiger partial charge in [-0.3, -0.25) is 9.59 Å². The molecule has 90 valence electrons. The monoisotopic (exact) mass is 259 g/mol. The van der Waals surface area contributed by atoms with Crippen molar-refractivity contribution in [1.82, 2.24) is 4.90 Å². The van der Waals surface area contributed by atoms with Crippen LogP contribution in [0.3, 0.4) is 0 Å². The van der Waals surface area contributed by atoms with Gasteiger partial charge in [0.25, 0.3) is 0 Å². The van der Waals surface area contributed by atoms with Crippen LogP contribution in [0.1, 0.15) is 26.7 Å². The van der Waals surface area contributed by atoms with Gasteiger partial charge >= 0.3 is 0 Å². The summed E-state index contributed by atoms with van der Waals surface area (Å²) in [7, 11) is 0. The average molecular weight is 259 g/mol. The van der Waals surface area contributed by atoms with Crippen molar-refractivity contribution < 1.29 is 9.59 Å². The van der Waals surface area contributed by atoms with Gasteiger partial charge in [-0.2, -0.15) is 0 Å². The Kier molecular flexibility index (Phi) is 3.54. The van der Waals surface area contributed by atoms with Crippen molar-refractivity contribution in [2.24, 2.45) is 0 Å². The number of hydrogen-bond acceptors (Lipinski definition) is 4. The second-order valence-corrected chi connectivity index (χ2v) is 7.51. The smallest absolute Gasteiger partial charge is 0.220 e. The van der Waals surface area contributed by atoms with Crippen LogP contribution in [0.4, 0.5) is 0 Å². The van der Waals surface area contributed by atoms with Crippen molar-refractivity contribution in [3.8, 4) is 0 Å². The third-order valence-corrected chi connectivity index (χ3v) is 6.66. The van der Waals surface area contributed by atoms with Crippen LogP contribution >= 0.6 is 23.5 Å².